The minimum absolute atomic E-state index is 0. The Bertz CT molecular complexity index is 342. The first-order chi connectivity index (χ1) is 10.3. The van der Waals surface area contributed by atoms with Gasteiger partial charge in [0.05, 0.1) is 6.54 Å². The molecule has 22 heavy (non-hydrogen) atoms. The first-order valence-electron chi connectivity index (χ1n) is 8.46. The molecule has 0 bridgehead atoms. The molecule has 2 N–H and O–H groups in total. The summed E-state index contributed by atoms with van der Waals surface area (Å²) in [5.41, 5.74) is 0. The molecule has 0 aromatic carbocycles. The Morgan fingerprint density at radius 2 is 1.73 bits per heavy atom. The van der Waals surface area contributed by atoms with Crippen molar-refractivity contribution in [1.29, 1.82) is 0 Å². The summed E-state index contributed by atoms with van der Waals surface area (Å²) in [6.07, 6.45) is 6.72. The molecule has 128 valence electrons. The highest BCUT2D eigenvalue weighted by Gasteiger charge is 2.15. The Morgan fingerprint density at radius 3 is 2.32 bits per heavy atom. The van der Waals surface area contributed by atoms with E-state index in [0.717, 1.165) is 38.4 Å². The van der Waals surface area contributed by atoms with E-state index >= 15 is 0 Å². The minimum atomic E-state index is 0. The third-order valence-electron chi connectivity index (χ3n) is 4.29. The molecule has 2 aliphatic rings. The number of likely N-dealkylation sites (N-methyl/N-ethyl adjacent to an activating group) is 1. The van der Waals surface area contributed by atoms with Crippen molar-refractivity contribution in [3.05, 3.63) is 12.2 Å². The summed E-state index contributed by atoms with van der Waals surface area (Å²) in [4.78, 5) is 9.76. The van der Waals surface area contributed by atoms with Crippen LogP contribution < -0.4 is 10.6 Å². The zero-order chi connectivity index (χ0) is 14.9. The van der Waals surface area contributed by atoms with Gasteiger partial charge in [-0.1, -0.05) is 19.1 Å². The number of hydrogen-bond acceptors (Lipinski definition) is 3. The van der Waals surface area contributed by atoms with E-state index in [1.165, 1.54) is 32.7 Å². The summed E-state index contributed by atoms with van der Waals surface area (Å²) in [6, 6.07) is 0.524. The van der Waals surface area contributed by atoms with Crippen LogP contribution in [0.5, 0.6) is 0 Å². The Labute approximate surface area is 152 Å². The van der Waals surface area contributed by atoms with Gasteiger partial charge in [-0.05, 0) is 26.3 Å². The molecule has 1 aliphatic carbocycles. The van der Waals surface area contributed by atoms with Gasteiger partial charge in [0, 0.05) is 45.3 Å². The number of hydrogen-bond donors (Lipinski definition) is 2. The molecule has 6 heteroatoms. The van der Waals surface area contributed by atoms with E-state index in [1.807, 2.05) is 0 Å². The van der Waals surface area contributed by atoms with Gasteiger partial charge in [-0.2, -0.15) is 0 Å². The number of halogens is 1. The van der Waals surface area contributed by atoms with E-state index in [-0.39, 0.29) is 24.0 Å². The highest BCUT2D eigenvalue weighted by atomic mass is 127. The Kier molecular flexibility index (Phi) is 10.1. The van der Waals surface area contributed by atoms with E-state index in [0.29, 0.717) is 6.04 Å². The zero-order valence-electron chi connectivity index (χ0n) is 14.1. The number of piperazine rings is 1. The predicted octanol–water partition coefficient (Wildman–Crippen LogP) is 1.52. The number of nitrogens with one attached hydrogen (secondary N) is 2. The molecule has 0 spiro atoms. The number of aliphatic imine (C=N–C) groups is 1. The SMILES string of the molecule is CCNC(=NCCN1CCN(CC)CC1)NC1CC=CC1.I. The summed E-state index contributed by atoms with van der Waals surface area (Å²) in [5, 5.41) is 6.87. The fourth-order valence-electron chi connectivity index (χ4n) is 2.88. The Morgan fingerprint density at radius 1 is 1.09 bits per heavy atom. The highest BCUT2D eigenvalue weighted by Crippen LogP contribution is 2.08. The largest absolute Gasteiger partial charge is 0.357 e. The summed E-state index contributed by atoms with van der Waals surface area (Å²) >= 11 is 0. The van der Waals surface area contributed by atoms with Crippen molar-refractivity contribution in [3.63, 3.8) is 0 Å². The van der Waals surface area contributed by atoms with E-state index in [2.05, 4.69) is 46.4 Å². The van der Waals surface area contributed by atoms with Crippen LogP contribution >= 0.6 is 24.0 Å². The van der Waals surface area contributed by atoms with E-state index < -0.39 is 0 Å². The van der Waals surface area contributed by atoms with Crippen molar-refractivity contribution in [2.75, 3.05) is 52.4 Å². The topological polar surface area (TPSA) is 42.9 Å². The molecule has 0 aromatic heterocycles. The first kappa shape index (κ1) is 19.7. The highest BCUT2D eigenvalue weighted by molar-refractivity contribution is 14.0. The molecule has 0 saturated carbocycles. The van der Waals surface area contributed by atoms with Gasteiger partial charge >= 0.3 is 0 Å². The van der Waals surface area contributed by atoms with E-state index in [9.17, 15) is 0 Å². The van der Waals surface area contributed by atoms with Crippen LogP contribution in [-0.2, 0) is 0 Å². The van der Waals surface area contributed by atoms with Gasteiger partial charge in [-0.15, -0.1) is 24.0 Å². The van der Waals surface area contributed by atoms with Gasteiger partial charge in [0.25, 0.3) is 0 Å². The normalized spacial score (nSPS) is 20.9. The van der Waals surface area contributed by atoms with Crippen LogP contribution in [-0.4, -0.2) is 74.2 Å². The van der Waals surface area contributed by atoms with Crippen molar-refractivity contribution >= 4 is 29.9 Å². The first-order valence-corrected chi connectivity index (χ1v) is 8.46. The number of rotatable bonds is 6. The molecule has 1 saturated heterocycles. The van der Waals surface area contributed by atoms with Crippen molar-refractivity contribution in [3.8, 4) is 0 Å². The molecular weight excluding hydrogens is 389 g/mol. The van der Waals surface area contributed by atoms with Crippen LogP contribution in [0.4, 0.5) is 0 Å². The van der Waals surface area contributed by atoms with Crippen molar-refractivity contribution in [2.24, 2.45) is 4.99 Å². The third-order valence-corrected chi connectivity index (χ3v) is 4.29. The lowest BCUT2D eigenvalue weighted by Gasteiger charge is -2.33. The quantitative estimate of drug-likeness (QED) is 0.296. The summed E-state index contributed by atoms with van der Waals surface area (Å²) in [7, 11) is 0. The predicted molar refractivity (Wildman–Crippen MR) is 105 cm³/mol. The van der Waals surface area contributed by atoms with Crippen LogP contribution in [0.2, 0.25) is 0 Å². The third kappa shape index (κ3) is 6.83. The second-order valence-corrected chi connectivity index (χ2v) is 5.82. The van der Waals surface area contributed by atoms with Gasteiger partial charge in [0.2, 0.25) is 0 Å². The molecule has 5 nitrogen and oxygen atoms in total. The maximum Gasteiger partial charge on any atom is 0.191 e. The van der Waals surface area contributed by atoms with Crippen LogP contribution in [0.15, 0.2) is 17.1 Å². The molecule has 1 heterocycles. The van der Waals surface area contributed by atoms with Gasteiger partial charge in [0.15, 0.2) is 5.96 Å². The van der Waals surface area contributed by atoms with Crippen LogP contribution in [0.25, 0.3) is 0 Å². The Balaban J connectivity index is 0.00000242. The van der Waals surface area contributed by atoms with Gasteiger partial charge < -0.3 is 15.5 Å². The second-order valence-electron chi connectivity index (χ2n) is 5.82. The van der Waals surface area contributed by atoms with Crippen molar-refractivity contribution in [1.82, 2.24) is 20.4 Å². The second kappa shape index (κ2) is 11.2. The van der Waals surface area contributed by atoms with Gasteiger partial charge in [-0.3, -0.25) is 9.89 Å². The monoisotopic (exact) mass is 421 g/mol. The molecule has 0 atom stereocenters. The maximum atomic E-state index is 4.72. The van der Waals surface area contributed by atoms with Gasteiger partial charge in [0.1, 0.15) is 0 Å². The molecule has 1 aliphatic heterocycles. The smallest absolute Gasteiger partial charge is 0.191 e. The van der Waals surface area contributed by atoms with E-state index in [4.69, 9.17) is 4.99 Å². The number of nitrogens with zero attached hydrogens (tertiary/aromatic N) is 3. The molecule has 0 unspecified atom stereocenters. The molecule has 0 aromatic rings. The standard InChI is InChI=1S/C16H31N5.HI/c1-3-17-16(19-15-7-5-6-8-15)18-9-10-21-13-11-20(4-2)12-14-21;/h5-6,15H,3-4,7-14H2,1-2H3,(H2,17,18,19);1H. The average Bonchev–Trinajstić information content (AvgIpc) is 3.01. The zero-order valence-corrected chi connectivity index (χ0v) is 16.4. The number of guanidine groups is 1. The van der Waals surface area contributed by atoms with Crippen molar-refractivity contribution < 1.29 is 0 Å². The summed E-state index contributed by atoms with van der Waals surface area (Å²) in [5.74, 6) is 0.971. The van der Waals surface area contributed by atoms with Gasteiger partial charge in [-0.25, -0.2) is 0 Å². The van der Waals surface area contributed by atoms with Crippen molar-refractivity contribution in [2.45, 2.75) is 32.7 Å². The maximum absolute atomic E-state index is 4.72. The lowest BCUT2D eigenvalue weighted by Crippen LogP contribution is -2.47. The van der Waals surface area contributed by atoms with Crippen LogP contribution in [0, 0.1) is 0 Å². The average molecular weight is 421 g/mol. The molecular formula is C16H32IN5. The fraction of sp³-hybridized carbons (Fsp3) is 0.812. The van der Waals surface area contributed by atoms with Crippen LogP contribution in [0.1, 0.15) is 26.7 Å². The van der Waals surface area contributed by atoms with E-state index in [1.54, 1.807) is 0 Å². The Hall–Kier alpha value is -0.340. The molecule has 1 fully saturated rings. The lowest BCUT2D eigenvalue weighted by molar-refractivity contribution is 0.140. The summed E-state index contributed by atoms with van der Waals surface area (Å²) < 4.78 is 0. The van der Waals surface area contributed by atoms with Crippen LogP contribution in [0.3, 0.4) is 0 Å². The summed E-state index contributed by atoms with van der Waals surface area (Å²) in [6.45, 7) is 13.2. The molecule has 0 radical (unpaired) electrons. The lowest BCUT2D eigenvalue weighted by atomic mass is 10.2. The molecule has 0 amide bonds. The molecule has 2 rings (SSSR count). The minimum Gasteiger partial charge on any atom is -0.357 e. The fourth-order valence-corrected chi connectivity index (χ4v) is 2.88.